The Labute approximate surface area is 130 Å². The number of nitrogens with one attached hydrogen (secondary N) is 2. The van der Waals surface area contributed by atoms with E-state index in [1.54, 1.807) is 6.26 Å². The van der Waals surface area contributed by atoms with Gasteiger partial charge in [-0.25, -0.2) is 4.98 Å². The van der Waals surface area contributed by atoms with Crippen LogP contribution in [0.4, 0.5) is 10.9 Å². The number of hydrogen-bond acceptors (Lipinski definition) is 7. The minimum absolute atomic E-state index is 0.160. The van der Waals surface area contributed by atoms with Gasteiger partial charge in [0.15, 0.2) is 5.13 Å². The summed E-state index contributed by atoms with van der Waals surface area (Å²) in [4.78, 5) is 19.1. The number of nitrogens with zero attached hydrogens (tertiary/aromatic N) is 2. The molecule has 0 aromatic carbocycles. The molecule has 9 heteroatoms. The van der Waals surface area contributed by atoms with E-state index in [0.29, 0.717) is 10.6 Å². The van der Waals surface area contributed by atoms with E-state index in [4.69, 9.17) is 5.73 Å². The van der Waals surface area contributed by atoms with E-state index in [1.165, 1.54) is 11.3 Å². The van der Waals surface area contributed by atoms with Gasteiger partial charge in [0.1, 0.15) is 10.7 Å². The molecule has 1 aliphatic rings. The molecule has 1 aromatic heterocycles. The van der Waals surface area contributed by atoms with Crippen LogP contribution in [-0.4, -0.2) is 59.3 Å². The second-order valence-corrected chi connectivity index (χ2v) is 7.52. The number of amides is 1. The largest absolute Gasteiger partial charge is 0.382 e. The number of rotatable bonds is 5. The Balaban J connectivity index is 2.04. The normalized spacial score (nSPS) is 18.3. The van der Waals surface area contributed by atoms with Gasteiger partial charge in [-0.1, -0.05) is 11.3 Å². The van der Waals surface area contributed by atoms with Crippen molar-refractivity contribution in [3.8, 4) is 0 Å². The van der Waals surface area contributed by atoms with Crippen molar-refractivity contribution in [1.29, 1.82) is 0 Å². The first-order chi connectivity index (χ1) is 9.97. The Morgan fingerprint density at radius 3 is 2.86 bits per heavy atom. The summed E-state index contributed by atoms with van der Waals surface area (Å²) in [6.07, 6.45) is 1.62. The molecule has 7 nitrogen and oxygen atoms in total. The standard InChI is InChI=1S/C12H21N5O2S2/c1-8(7-21(2)19)15-11(18)9-10(13)16-12(20-9)17-5-3-14-4-6-17/h8,14H,3-7,13H2,1-2H3,(H,15,18). The number of thiazole rings is 1. The van der Waals surface area contributed by atoms with E-state index in [9.17, 15) is 9.00 Å². The lowest BCUT2D eigenvalue weighted by Crippen LogP contribution is -2.43. The Hall–Kier alpha value is -1.19. The van der Waals surface area contributed by atoms with E-state index in [1.807, 2.05) is 6.92 Å². The zero-order chi connectivity index (χ0) is 15.4. The zero-order valence-electron chi connectivity index (χ0n) is 12.2. The lowest BCUT2D eigenvalue weighted by atomic mass is 10.3. The highest BCUT2D eigenvalue weighted by Gasteiger charge is 2.21. The van der Waals surface area contributed by atoms with Crippen molar-refractivity contribution in [2.45, 2.75) is 13.0 Å². The highest BCUT2D eigenvalue weighted by molar-refractivity contribution is 7.84. The van der Waals surface area contributed by atoms with Gasteiger partial charge in [0.2, 0.25) is 0 Å². The number of carbonyl (C=O) groups excluding carboxylic acids is 1. The summed E-state index contributed by atoms with van der Waals surface area (Å²) in [7, 11) is -0.946. The molecule has 2 unspecified atom stereocenters. The summed E-state index contributed by atoms with van der Waals surface area (Å²) >= 11 is 1.31. The highest BCUT2D eigenvalue weighted by atomic mass is 32.2. The monoisotopic (exact) mass is 331 g/mol. The molecule has 1 fully saturated rings. The maximum absolute atomic E-state index is 12.2. The van der Waals surface area contributed by atoms with Gasteiger partial charge in [-0.2, -0.15) is 0 Å². The van der Waals surface area contributed by atoms with Crippen LogP contribution < -0.4 is 21.3 Å². The number of nitrogen functional groups attached to an aromatic ring is 1. The summed E-state index contributed by atoms with van der Waals surface area (Å²) in [6, 6.07) is -0.160. The first-order valence-electron chi connectivity index (χ1n) is 6.80. The van der Waals surface area contributed by atoms with Gasteiger partial charge in [0.25, 0.3) is 5.91 Å². The first kappa shape index (κ1) is 16.2. The van der Waals surface area contributed by atoms with Crippen LogP contribution in [0.5, 0.6) is 0 Å². The van der Waals surface area contributed by atoms with Crippen molar-refractivity contribution in [3.05, 3.63) is 4.88 Å². The molecule has 4 N–H and O–H groups in total. The molecule has 1 saturated heterocycles. The van der Waals surface area contributed by atoms with Crippen LogP contribution in [0, 0.1) is 0 Å². The molecule has 0 saturated carbocycles. The van der Waals surface area contributed by atoms with Crippen molar-refractivity contribution < 1.29 is 9.00 Å². The van der Waals surface area contributed by atoms with Gasteiger partial charge in [-0.15, -0.1) is 0 Å². The Bertz CT molecular complexity index is 528. The molecule has 0 bridgehead atoms. The molecule has 2 rings (SSSR count). The smallest absolute Gasteiger partial charge is 0.265 e. The minimum atomic E-state index is -0.946. The molecular weight excluding hydrogens is 310 g/mol. The lowest BCUT2D eigenvalue weighted by Gasteiger charge is -2.26. The Morgan fingerprint density at radius 1 is 1.57 bits per heavy atom. The fraction of sp³-hybridized carbons (Fsp3) is 0.667. The highest BCUT2D eigenvalue weighted by Crippen LogP contribution is 2.28. The summed E-state index contributed by atoms with van der Waals surface area (Å²) in [5.74, 6) is 0.440. The minimum Gasteiger partial charge on any atom is -0.382 e. The molecule has 2 heterocycles. The van der Waals surface area contributed by atoms with Crippen molar-refractivity contribution in [2.75, 3.05) is 48.8 Å². The van der Waals surface area contributed by atoms with Crippen LogP contribution in [0.15, 0.2) is 0 Å². The molecule has 0 radical (unpaired) electrons. The fourth-order valence-corrected chi connectivity index (χ4v) is 3.88. The molecule has 1 aromatic rings. The Kier molecular flexibility index (Phi) is 5.54. The van der Waals surface area contributed by atoms with Crippen LogP contribution in [0.3, 0.4) is 0 Å². The van der Waals surface area contributed by atoms with Gasteiger partial charge >= 0.3 is 0 Å². The predicted octanol–water partition coefficient (Wildman–Crippen LogP) is -0.368. The molecule has 21 heavy (non-hydrogen) atoms. The average Bonchev–Trinajstić information content (AvgIpc) is 2.81. The quantitative estimate of drug-likeness (QED) is 0.681. The predicted molar refractivity (Wildman–Crippen MR) is 87.5 cm³/mol. The first-order valence-corrected chi connectivity index (χ1v) is 9.34. The third-order valence-corrected chi connectivity index (χ3v) is 5.20. The number of piperazine rings is 1. The summed E-state index contributed by atoms with van der Waals surface area (Å²) < 4.78 is 11.2. The summed E-state index contributed by atoms with van der Waals surface area (Å²) in [6.45, 7) is 5.35. The van der Waals surface area contributed by atoms with Crippen molar-refractivity contribution >= 4 is 39.0 Å². The number of aromatic nitrogens is 1. The molecule has 2 atom stereocenters. The molecule has 0 aliphatic carbocycles. The van der Waals surface area contributed by atoms with Crippen molar-refractivity contribution in [1.82, 2.24) is 15.6 Å². The summed E-state index contributed by atoms with van der Waals surface area (Å²) in [5, 5.41) is 6.86. The van der Waals surface area contributed by atoms with Gasteiger partial charge in [0.05, 0.1) is 0 Å². The molecule has 1 amide bonds. The van der Waals surface area contributed by atoms with E-state index in [-0.39, 0.29) is 17.8 Å². The zero-order valence-corrected chi connectivity index (χ0v) is 13.9. The third kappa shape index (κ3) is 4.39. The Morgan fingerprint density at radius 2 is 2.24 bits per heavy atom. The van der Waals surface area contributed by atoms with E-state index in [2.05, 4.69) is 20.5 Å². The fourth-order valence-electron chi connectivity index (χ4n) is 2.16. The van der Waals surface area contributed by atoms with Gasteiger partial charge < -0.3 is 21.3 Å². The average molecular weight is 331 g/mol. The second kappa shape index (κ2) is 7.19. The van der Waals surface area contributed by atoms with Gasteiger partial charge in [-0.05, 0) is 6.92 Å². The second-order valence-electron chi connectivity index (χ2n) is 5.06. The SMILES string of the molecule is CC(CS(C)=O)NC(=O)c1sc(N2CCNCC2)nc1N. The van der Waals surface area contributed by atoms with Crippen molar-refractivity contribution in [3.63, 3.8) is 0 Å². The summed E-state index contributed by atoms with van der Waals surface area (Å²) in [5.41, 5.74) is 5.86. The van der Waals surface area contributed by atoms with Crippen LogP contribution in [-0.2, 0) is 10.8 Å². The lowest BCUT2D eigenvalue weighted by molar-refractivity contribution is 0.0948. The number of hydrogen-bond donors (Lipinski definition) is 3. The van der Waals surface area contributed by atoms with E-state index < -0.39 is 10.8 Å². The number of carbonyl (C=O) groups is 1. The van der Waals surface area contributed by atoms with E-state index in [0.717, 1.165) is 31.3 Å². The van der Waals surface area contributed by atoms with Crippen LogP contribution in [0.1, 0.15) is 16.6 Å². The molecule has 1 aliphatic heterocycles. The van der Waals surface area contributed by atoms with Crippen LogP contribution in [0.25, 0.3) is 0 Å². The van der Waals surface area contributed by atoms with Gasteiger partial charge in [-0.3, -0.25) is 9.00 Å². The third-order valence-electron chi connectivity index (χ3n) is 3.10. The maximum Gasteiger partial charge on any atom is 0.265 e. The van der Waals surface area contributed by atoms with Gasteiger partial charge in [0, 0.05) is 55.0 Å². The number of anilines is 2. The maximum atomic E-state index is 12.2. The number of nitrogens with two attached hydrogens (primary N) is 1. The topological polar surface area (TPSA) is 100 Å². The van der Waals surface area contributed by atoms with E-state index >= 15 is 0 Å². The molecule has 118 valence electrons. The molecule has 0 spiro atoms. The van der Waals surface area contributed by atoms with Crippen LogP contribution in [0.2, 0.25) is 0 Å². The van der Waals surface area contributed by atoms with Crippen molar-refractivity contribution in [2.24, 2.45) is 0 Å². The van der Waals surface area contributed by atoms with Crippen LogP contribution >= 0.6 is 11.3 Å². The molecular formula is C12H21N5O2S2.